The van der Waals surface area contributed by atoms with Crippen molar-refractivity contribution in [3.63, 3.8) is 0 Å². The molecule has 0 heterocycles. The molecule has 0 spiro atoms. The van der Waals surface area contributed by atoms with E-state index in [0.29, 0.717) is 12.0 Å². The summed E-state index contributed by atoms with van der Waals surface area (Å²) in [4.78, 5) is 3.80. The molecule has 0 aliphatic carbocycles. The van der Waals surface area contributed by atoms with Crippen molar-refractivity contribution in [2.45, 2.75) is 6.54 Å². The molecule has 14 heavy (non-hydrogen) atoms. The van der Waals surface area contributed by atoms with Gasteiger partial charge in [-0.05, 0) is 11.0 Å². The number of hydrogen-bond donors (Lipinski definition) is 4. The summed E-state index contributed by atoms with van der Waals surface area (Å²) in [6.07, 6.45) is 0. The second-order valence-corrected chi connectivity index (χ2v) is 2.86. The first-order valence-electron chi connectivity index (χ1n) is 4.10. The summed E-state index contributed by atoms with van der Waals surface area (Å²) in [5.74, 6) is 0.0138. The highest BCUT2D eigenvalue weighted by molar-refractivity contribution is 6.58. The Morgan fingerprint density at radius 2 is 2.07 bits per heavy atom. The fraction of sp³-hybridized carbons (Fsp3) is 0.125. The van der Waals surface area contributed by atoms with Crippen molar-refractivity contribution in [3.05, 3.63) is 29.8 Å². The van der Waals surface area contributed by atoms with Gasteiger partial charge in [0.1, 0.15) is 0 Å². The molecule has 6 heteroatoms. The predicted octanol–water partition coefficient (Wildman–Crippen LogP) is -1.86. The van der Waals surface area contributed by atoms with Gasteiger partial charge in [0.15, 0.2) is 5.96 Å². The van der Waals surface area contributed by atoms with E-state index in [1.54, 1.807) is 24.3 Å². The molecule has 5 nitrogen and oxygen atoms in total. The van der Waals surface area contributed by atoms with Gasteiger partial charge in [-0.2, -0.15) is 0 Å². The molecule has 74 valence electrons. The van der Waals surface area contributed by atoms with Crippen molar-refractivity contribution in [1.29, 1.82) is 0 Å². The second kappa shape index (κ2) is 4.64. The number of hydrogen-bond acceptors (Lipinski definition) is 3. The Morgan fingerprint density at radius 1 is 1.36 bits per heavy atom. The van der Waals surface area contributed by atoms with Crippen LogP contribution >= 0.6 is 0 Å². The zero-order valence-corrected chi connectivity index (χ0v) is 7.59. The molecule has 0 unspecified atom stereocenters. The van der Waals surface area contributed by atoms with E-state index in [9.17, 15) is 0 Å². The van der Waals surface area contributed by atoms with E-state index in [0.717, 1.165) is 5.56 Å². The number of nitrogens with zero attached hydrogens (tertiary/aromatic N) is 1. The third kappa shape index (κ3) is 3.08. The Hall–Kier alpha value is -1.53. The molecule has 1 aromatic carbocycles. The average Bonchev–Trinajstić information content (AvgIpc) is 2.15. The lowest BCUT2D eigenvalue weighted by Gasteiger charge is -2.01. The number of rotatable bonds is 3. The summed E-state index contributed by atoms with van der Waals surface area (Å²) < 4.78 is 0. The molecule has 0 aliphatic heterocycles. The molecular formula is C8H12BN3O2. The van der Waals surface area contributed by atoms with E-state index in [-0.39, 0.29) is 5.96 Å². The van der Waals surface area contributed by atoms with Crippen molar-refractivity contribution in [2.75, 3.05) is 0 Å². The number of guanidine groups is 1. The molecule has 1 rings (SSSR count). The first kappa shape index (κ1) is 10.6. The van der Waals surface area contributed by atoms with Gasteiger partial charge < -0.3 is 21.5 Å². The average molecular weight is 193 g/mol. The maximum absolute atomic E-state index is 8.90. The van der Waals surface area contributed by atoms with Gasteiger partial charge in [-0.1, -0.05) is 24.3 Å². The maximum Gasteiger partial charge on any atom is 0.488 e. The maximum atomic E-state index is 8.90. The van der Waals surface area contributed by atoms with Crippen molar-refractivity contribution < 1.29 is 10.0 Å². The normalized spacial score (nSPS) is 9.57. The van der Waals surface area contributed by atoms with Crippen LogP contribution in [0.1, 0.15) is 5.56 Å². The highest BCUT2D eigenvalue weighted by Crippen LogP contribution is 1.98. The van der Waals surface area contributed by atoms with Gasteiger partial charge in [0.25, 0.3) is 0 Å². The van der Waals surface area contributed by atoms with Crippen molar-refractivity contribution >= 4 is 18.5 Å². The lowest BCUT2D eigenvalue weighted by atomic mass is 9.80. The molecule has 0 saturated carbocycles. The van der Waals surface area contributed by atoms with Gasteiger partial charge in [-0.25, -0.2) is 4.99 Å². The van der Waals surface area contributed by atoms with Crippen LogP contribution in [-0.4, -0.2) is 23.1 Å². The topological polar surface area (TPSA) is 105 Å². The summed E-state index contributed by atoms with van der Waals surface area (Å²) >= 11 is 0. The van der Waals surface area contributed by atoms with E-state index in [4.69, 9.17) is 21.5 Å². The van der Waals surface area contributed by atoms with Crippen LogP contribution in [0.2, 0.25) is 0 Å². The summed E-state index contributed by atoms with van der Waals surface area (Å²) in [5, 5.41) is 17.8. The van der Waals surface area contributed by atoms with Crippen molar-refractivity contribution in [3.8, 4) is 0 Å². The predicted molar refractivity (Wildman–Crippen MR) is 55.8 cm³/mol. The van der Waals surface area contributed by atoms with Gasteiger partial charge in [0.2, 0.25) is 0 Å². The lowest BCUT2D eigenvalue weighted by molar-refractivity contribution is 0.425. The van der Waals surface area contributed by atoms with Crippen LogP contribution in [-0.2, 0) is 6.54 Å². The molecule has 0 aromatic heterocycles. The summed E-state index contributed by atoms with van der Waals surface area (Å²) in [6.45, 7) is 0.336. The number of benzene rings is 1. The van der Waals surface area contributed by atoms with Gasteiger partial charge in [0, 0.05) is 0 Å². The molecule has 1 aromatic rings. The van der Waals surface area contributed by atoms with Crippen LogP contribution in [0.15, 0.2) is 29.3 Å². The fourth-order valence-electron chi connectivity index (χ4n) is 1.03. The summed E-state index contributed by atoms with van der Waals surface area (Å²) in [6, 6.07) is 6.77. The van der Waals surface area contributed by atoms with E-state index >= 15 is 0 Å². The highest BCUT2D eigenvalue weighted by Gasteiger charge is 2.10. The fourth-order valence-corrected chi connectivity index (χ4v) is 1.03. The third-order valence-electron chi connectivity index (χ3n) is 1.69. The molecule has 0 radical (unpaired) electrons. The highest BCUT2D eigenvalue weighted by atomic mass is 16.4. The van der Waals surface area contributed by atoms with Gasteiger partial charge in [0.05, 0.1) is 6.54 Å². The number of nitrogens with two attached hydrogens (primary N) is 2. The van der Waals surface area contributed by atoms with Crippen molar-refractivity contribution in [2.24, 2.45) is 16.5 Å². The van der Waals surface area contributed by atoms with E-state index < -0.39 is 7.12 Å². The standard InChI is InChI=1S/C8H12BN3O2/c10-8(11)12-5-6-2-1-3-7(4-6)9(13)14/h1-4,13-14H,5H2,(H4,10,11,12). The molecule has 0 saturated heterocycles. The minimum absolute atomic E-state index is 0.0138. The Labute approximate surface area is 82.2 Å². The van der Waals surface area contributed by atoms with E-state index in [1.165, 1.54) is 0 Å². The minimum atomic E-state index is -1.46. The first-order valence-corrected chi connectivity index (χ1v) is 4.10. The Morgan fingerprint density at radius 3 is 2.64 bits per heavy atom. The Balaban J connectivity index is 2.79. The van der Waals surface area contributed by atoms with Crippen LogP contribution in [0.4, 0.5) is 0 Å². The lowest BCUT2D eigenvalue weighted by Crippen LogP contribution is -2.29. The Kier molecular flexibility index (Phi) is 3.50. The zero-order valence-electron chi connectivity index (χ0n) is 7.59. The molecular weight excluding hydrogens is 181 g/mol. The van der Waals surface area contributed by atoms with Gasteiger partial charge in [-0.15, -0.1) is 0 Å². The molecule has 0 fully saturated rings. The summed E-state index contributed by atoms with van der Waals surface area (Å²) in [5.41, 5.74) is 11.6. The quantitative estimate of drug-likeness (QED) is 0.256. The van der Waals surface area contributed by atoms with E-state index in [2.05, 4.69) is 4.99 Å². The van der Waals surface area contributed by atoms with Crippen molar-refractivity contribution in [1.82, 2.24) is 0 Å². The molecule has 0 bridgehead atoms. The second-order valence-electron chi connectivity index (χ2n) is 2.86. The summed E-state index contributed by atoms with van der Waals surface area (Å²) in [7, 11) is -1.46. The van der Waals surface area contributed by atoms with Gasteiger partial charge in [-0.3, -0.25) is 0 Å². The SMILES string of the molecule is NC(N)=NCc1cccc(B(O)O)c1. The van der Waals surface area contributed by atoms with Crippen LogP contribution in [0.5, 0.6) is 0 Å². The van der Waals surface area contributed by atoms with Gasteiger partial charge >= 0.3 is 7.12 Å². The smallest absolute Gasteiger partial charge is 0.423 e. The van der Waals surface area contributed by atoms with E-state index in [1.807, 2.05) is 0 Å². The zero-order chi connectivity index (χ0) is 10.6. The monoisotopic (exact) mass is 193 g/mol. The van der Waals surface area contributed by atoms with Crippen LogP contribution in [0.25, 0.3) is 0 Å². The Bertz CT molecular complexity index is 337. The molecule has 0 atom stereocenters. The van der Waals surface area contributed by atoms with Crippen LogP contribution < -0.4 is 16.9 Å². The minimum Gasteiger partial charge on any atom is -0.423 e. The molecule has 0 aliphatic rings. The van der Waals surface area contributed by atoms with Crippen LogP contribution in [0, 0.1) is 0 Å². The van der Waals surface area contributed by atoms with Crippen LogP contribution in [0.3, 0.4) is 0 Å². The first-order chi connectivity index (χ1) is 6.59. The molecule has 6 N–H and O–H groups in total. The number of aliphatic imine (C=N–C) groups is 1. The third-order valence-corrected chi connectivity index (χ3v) is 1.69. The molecule has 0 amide bonds. The largest absolute Gasteiger partial charge is 0.488 e.